The Labute approximate surface area is 71.5 Å². The Bertz CT molecular complexity index is 301. The summed E-state index contributed by atoms with van der Waals surface area (Å²) >= 11 is 3.10. The molecule has 58 valence electrons. The molecule has 0 aliphatic rings. The molecule has 0 aliphatic carbocycles. The molecular weight excluding hydrogens is 213 g/mol. The molecule has 0 aromatic heterocycles. The molecule has 0 amide bonds. The zero-order valence-corrected chi connectivity index (χ0v) is 7.35. The van der Waals surface area contributed by atoms with E-state index < -0.39 is 5.82 Å². The number of hydrogen-bond donors (Lipinski definition) is 0. The van der Waals surface area contributed by atoms with Crippen LogP contribution >= 0.6 is 15.9 Å². The number of hydrogen-bond acceptors (Lipinski definition) is 2. The van der Waals surface area contributed by atoms with Crippen molar-refractivity contribution in [3.05, 3.63) is 32.9 Å². The van der Waals surface area contributed by atoms with Crippen LogP contribution in [0.4, 0.5) is 10.1 Å². The molecule has 2 nitrogen and oxygen atoms in total. The van der Waals surface area contributed by atoms with Crippen molar-refractivity contribution in [2.45, 2.75) is 6.92 Å². The van der Waals surface area contributed by atoms with Gasteiger partial charge in [-0.05, 0) is 23.7 Å². The third kappa shape index (κ3) is 1.63. The van der Waals surface area contributed by atoms with Gasteiger partial charge < -0.3 is 0 Å². The normalized spacial score (nSPS) is 9.73. The van der Waals surface area contributed by atoms with Gasteiger partial charge in [-0.25, -0.2) is 4.39 Å². The van der Waals surface area contributed by atoms with Crippen molar-refractivity contribution in [2.75, 3.05) is 0 Å². The Balaban J connectivity index is 3.35. The van der Waals surface area contributed by atoms with Crippen LogP contribution in [0.5, 0.6) is 0 Å². The Kier molecular flexibility index (Phi) is 2.34. The number of halogens is 2. The summed E-state index contributed by atoms with van der Waals surface area (Å²) in [5.41, 5.74) is 0.790. The molecule has 0 bridgehead atoms. The molecule has 0 saturated carbocycles. The average Bonchev–Trinajstić information content (AvgIpc) is 1.96. The summed E-state index contributed by atoms with van der Waals surface area (Å²) in [5, 5.41) is 2.67. The quantitative estimate of drug-likeness (QED) is 0.665. The number of nitroso groups, excluding NO2 is 1. The van der Waals surface area contributed by atoms with Crippen LogP contribution in [-0.2, 0) is 0 Å². The second-order valence-electron chi connectivity index (χ2n) is 2.12. The minimum atomic E-state index is -0.461. The van der Waals surface area contributed by atoms with E-state index in [-0.39, 0.29) is 5.69 Å². The van der Waals surface area contributed by atoms with E-state index in [4.69, 9.17) is 0 Å². The van der Waals surface area contributed by atoms with Gasteiger partial charge in [-0.3, -0.25) is 0 Å². The summed E-state index contributed by atoms with van der Waals surface area (Å²) < 4.78 is 13.1. The molecule has 0 fully saturated rings. The van der Waals surface area contributed by atoms with Gasteiger partial charge in [0.05, 0.1) is 0 Å². The minimum absolute atomic E-state index is 0.136. The molecule has 1 rings (SSSR count). The number of rotatable bonds is 1. The highest BCUT2D eigenvalue weighted by molar-refractivity contribution is 9.10. The molecule has 0 heterocycles. The molecule has 4 heteroatoms. The van der Waals surface area contributed by atoms with Crippen LogP contribution in [0, 0.1) is 17.6 Å². The lowest BCUT2D eigenvalue weighted by Gasteiger charge is -1.99. The van der Waals surface area contributed by atoms with Crippen molar-refractivity contribution < 1.29 is 4.39 Å². The first-order chi connectivity index (χ1) is 5.15. The fourth-order valence-corrected chi connectivity index (χ4v) is 1.15. The van der Waals surface area contributed by atoms with Crippen molar-refractivity contribution in [1.29, 1.82) is 0 Å². The molecular formula is C7H5BrFNO. The van der Waals surface area contributed by atoms with Gasteiger partial charge in [0.15, 0.2) is 0 Å². The molecule has 0 spiro atoms. The van der Waals surface area contributed by atoms with E-state index in [9.17, 15) is 9.30 Å². The van der Waals surface area contributed by atoms with Crippen LogP contribution in [0.15, 0.2) is 21.8 Å². The van der Waals surface area contributed by atoms with E-state index >= 15 is 0 Å². The van der Waals surface area contributed by atoms with Crippen molar-refractivity contribution >= 4 is 21.6 Å². The van der Waals surface area contributed by atoms with Gasteiger partial charge in [-0.15, -0.1) is 4.91 Å². The van der Waals surface area contributed by atoms with Crippen LogP contribution in [0.3, 0.4) is 0 Å². The van der Waals surface area contributed by atoms with Gasteiger partial charge in [-0.1, -0.05) is 15.9 Å². The van der Waals surface area contributed by atoms with Crippen molar-refractivity contribution in [3.63, 3.8) is 0 Å². The molecule has 0 N–H and O–H groups in total. The third-order valence-electron chi connectivity index (χ3n) is 1.38. The second kappa shape index (κ2) is 3.09. The fraction of sp³-hybridized carbons (Fsp3) is 0.143. The summed E-state index contributed by atoms with van der Waals surface area (Å²) in [6.07, 6.45) is 0. The smallest absolute Gasteiger partial charge is 0.126 e. The Hall–Kier alpha value is -0.770. The van der Waals surface area contributed by atoms with Crippen LogP contribution < -0.4 is 0 Å². The largest absolute Gasteiger partial charge is 0.207 e. The molecule has 1 aromatic rings. The summed E-state index contributed by atoms with van der Waals surface area (Å²) in [5.74, 6) is -0.461. The zero-order valence-electron chi connectivity index (χ0n) is 5.77. The Morgan fingerprint density at radius 1 is 1.55 bits per heavy atom. The fourth-order valence-electron chi connectivity index (χ4n) is 0.727. The van der Waals surface area contributed by atoms with Gasteiger partial charge in [0.1, 0.15) is 11.5 Å². The van der Waals surface area contributed by atoms with Crippen LogP contribution in [0.2, 0.25) is 0 Å². The highest BCUT2D eigenvalue weighted by Crippen LogP contribution is 2.27. The van der Waals surface area contributed by atoms with E-state index in [2.05, 4.69) is 21.1 Å². The predicted octanol–water partition coefficient (Wildman–Crippen LogP) is 3.29. The van der Waals surface area contributed by atoms with Crippen molar-refractivity contribution in [3.8, 4) is 0 Å². The summed E-state index contributed by atoms with van der Waals surface area (Å²) in [6, 6.07) is 2.40. The standard InChI is InChI=1S/C7H5BrFNO/c1-4-6(8)2-5(9)3-7(4)10-11/h2-3H,1H3. The lowest BCUT2D eigenvalue weighted by Crippen LogP contribution is -1.80. The maximum Gasteiger partial charge on any atom is 0.126 e. The molecule has 0 radical (unpaired) electrons. The SMILES string of the molecule is Cc1c(Br)cc(F)cc1N=O. The second-order valence-corrected chi connectivity index (χ2v) is 2.98. The lowest BCUT2D eigenvalue weighted by molar-refractivity contribution is 0.627. The van der Waals surface area contributed by atoms with E-state index in [1.165, 1.54) is 6.07 Å². The number of nitrogens with zero attached hydrogens (tertiary/aromatic N) is 1. The van der Waals surface area contributed by atoms with E-state index in [0.717, 1.165) is 6.07 Å². The number of benzene rings is 1. The van der Waals surface area contributed by atoms with Crippen LogP contribution in [0.1, 0.15) is 5.56 Å². The minimum Gasteiger partial charge on any atom is -0.207 e. The van der Waals surface area contributed by atoms with E-state index in [0.29, 0.717) is 10.0 Å². The van der Waals surface area contributed by atoms with Gasteiger partial charge in [-0.2, -0.15) is 0 Å². The Morgan fingerprint density at radius 3 is 2.73 bits per heavy atom. The van der Waals surface area contributed by atoms with Gasteiger partial charge in [0.25, 0.3) is 0 Å². The first kappa shape index (κ1) is 8.33. The zero-order chi connectivity index (χ0) is 8.43. The average molecular weight is 218 g/mol. The molecule has 0 unspecified atom stereocenters. The predicted molar refractivity (Wildman–Crippen MR) is 44.3 cm³/mol. The first-order valence-corrected chi connectivity index (χ1v) is 3.73. The maximum absolute atomic E-state index is 12.6. The Morgan fingerprint density at radius 2 is 2.18 bits per heavy atom. The molecule has 11 heavy (non-hydrogen) atoms. The van der Waals surface area contributed by atoms with E-state index in [1.54, 1.807) is 6.92 Å². The van der Waals surface area contributed by atoms with Crippen molar-refractivity contribution in [1.82, 2.24) is 0 Å². The summed E-state index contributed by atoms with van der Waals surface area (Å²) in [7, 11) is 0. The molecule has 0 atom stereocenters. The monoisotopic (exact) mass is 217 g/mol. The van der Waals surface area contributed by atoms with Crippen LogP contribution in [0.25, 0.3) is 0 Å². The lowest BCUT2D eigenvalue weighted by atomic mass is 10.2. The first-order valence-electron chi connectivity index (χ1n) is 2.94. The highest BCUT2D eigenvalue weighted by atomic mass is 79.9. The van der Waals surface area contributed by atoms with Gasteiger partial charge in [0, 0.05) is 10.5 Å². The molecule has 0 aliphatic heterocycles. The highest BCUT2D eigenvalue weighted by Gasteiger charge is 2.04. The summed E-state index contributed by atoms with van der Waals surface area (Å²) in [4.78, 5) is 10.1. The van der Waals surface area contributed by atoms with Crippen LogP contribution in [-0.4, -0.2) is 0 Å². The summed E-state index contributed by atoms with van der Waals surface area (Å²) in [6.45, 7) is 1.69. The van der Waals surface area contributed by atoms with Gasteiger partial charge in [0.2, 0.25) is 0 Å². The van der Waals surface area contributed by atoms with Crippen molar-refractivity contribution in [2.24, 2.45) is 5.18 Å². The van der Waals surface area contributed by atoms with E-state index in [1.807, 2.05) is 0 Å². The topological polar surface area (TPSA) is 29.4 Å². The van der Waals surface area contributed by atoms with Gasteiger partial charge >= 0.3 is 0 Å². The molecule has 1 aromatic carbocycles. The molecule has 0 saturated heterocycles. The maximum atomic E-state index is 12.6. The third-order valence-corrected chi connectivity index (χ3v) is 2.20.